The summed E-state index contributed by atoms with van der Waals surface area (Å²) in [5, 5.41) is 2.77. The lowest BCUT2D eigenvalue weighted by molar-refractivity contribution is -0.164. The maximum atomic E-state index is 12.2. The van der Waals surface area contributed by atoms with Crippen LogP contribution in [-0.2, 0) is 37.8 Å². The van der Waals surface area contributed by atoms with Gasteiger partial charge in [0.25, 0.3) is 0 Å². The molecule has 0 atom stereocenters. The fourth-order valence-corrected chi connectivity index (χ4v) is 5.58. The van der Waals surface area contributed by atoms with Gasteiger partial charge in [-0.1, -0.05) is 33.9 Å². The fourth-order valence-electron chi connectivity index (χ4n) is 2.89. The van der Waals surface area contributed by atoms with Gasteiger partial charge in [0.1, 0.15) is 13.2 Å². The Morgan fingerprint density at radius 3 is 1.79 bits per heavy atom. The first kappa shape index (κ1) is 31.5. The van der Waals surface area contributed by atoms with E-state index in [0.717, 1.165) is 18.1 Å². The molecule has 0 spiro atoms. The third-order valence-electron chi connectivity index (χ3n) is 5.34. The van der Waals surface area contributed by atoms with Crippen LogP contribution in [0.2, 0.25) is 18.1 Å². The summed E-state index contributed by atoms with van der Waals surface area (Å²) in [7, 11) is -1.63. The van der Waals surface area contributed by atoms with Crippen molar-refractivity contribution in [3.63, 3.8) is 0 Å². The van der Waals surface area contributed by atoms with Crippen molar-refractivity contribution < 1.29 is 37.8 Å². The number of amides is 1. The third-order valence-corrected chi connectivity index (χ3v) is 10.0. The molecule has 0 aliphatic rings. The number of carbonyl (C=O) groups excluding carboxylic acids is 4. The molecule has 0 radical (unpaired) electrons. The quantitative estimate of drug-likeness (QED) is 0.100. The summed E-state index contributed by atoms with van der Waals surface area (Å²) in [6.07, 6.45) is -0.533. The molecule has 0 saturated carbocycles. The van der Waals surface area contributed by atoms with E-state index in [2.05, 4.69) is 39.2 Å². The monoisotopic (exact) mass is 499 g/mol. The number of rotatable bonds is 18. The van der Waals surface area contributed by atoms with Crippen molar-refractivity contribution in [1.82, 2.24) is 5.32 Å². The average molecular weight is 500 g/mol. The van der Waals surface area contributed by atoms with Crippen LogP contribution in [0.25, 0.3) is 0 Å². The first-order valence-electron chi connectivity index (χ1n) is 11.8. The lowest BCUT2D eigenvalue weighted by atomic mass is 10.3. The van der Waals surface area contributed by atoms with Gasteiger partial charge in [0.05, 0.1) is 6.42 Å². The zero-order valence-electron chi connectivity index (χ0n) is 21.3. The summed E-state index contributed by atoms with van der Waals surface area (Å²) in [4.78, 5) is 47.4. The smallest absolute Gasteiger partial charge is 0.333 e. The Balaban J connectivity index is 4.44. The molecular formula is C24H41NO8Si. The molecular weight excluding hydrogens is 458 g/mol. The minimum absolute atomic E-state index is 0.0545. The number of carbonyl (C=O) groups is 4. The lowest BCUT2D eigenvalue weighted by Gasteiger charge is -2.27. The van der Waals surface area contributed by atoms with E-state index in [4.69, 9.17) is 18.6 Å². The highest BCUT2D eigenvalue weighted by Crippen LogP contribution is 2.21. The molecule has 1 N–H and O–H groups in total. The highest BCUT2D eigenvalue weighted by Gasteiger charge is 2.28. The highest BCUT2D eigenvalue weighted by atomic mass is 28.4. The van der Waals surface area contributed by atoms with Gasteiger partial charge in [0, 0.05) is 30.7 Å². The van der Waals surface area contributed by atoms with Gasteiger partial charge in [0.15, 0.2) is 14.4 Å². The van der Waals surface area contributed by atoms with Crippen LogP contribution in [0.3, 0.4) is 0 Å². The number of hydrogen-bond donors (Lipinski definition) is 1. The van der Waals surface area contributed by atoms with Crippen LogP contribution in [-0.4, -0.2) is 64.6 Å². The van der Waals surface area contributed by atoms with Crippen LogP contribution < -0.4 is 5.32 Å². The van der Waals surface area contributed by atoms with E-state index in [1.807, 2.05) is 0 Å². The second-order valence-electron chi connectivity index (χ2n) is 8.17. The van der Waals surface area contributed by atoms with E-state index in [-0.39, 0.29) is 43.1 Å². The van der Waals surface area contributed by atoms with Crippen molar-refractivity contribution >= 4 is 32.1 Å². The molecule has 0 aliphatic heterocycles. The Bertz CT molecular complexity index is 679. The van der Waals surface area contributed by atoms with Crippen molar-refractivity contribution in [2.24, 2.45) is 0 Å². The summed E-state index contributed by atoms with van der Waals surface area (Å²) >= 11 is 0. The van der Waals surface area contributed by atoms with Gasteiger partial charge >= 0.3 is 17.9 Å². The van der Waals surface area contributed by atoms with E-state index < -0.39 is 32.3 Å². The summed E-state index contributed by atoms with van der Waals surface area (Å²) in [5.41, 5.74) is 0.358. The summed E-state index contributed by atoms with van der Waals surface area (Å²) in [6.45, 7) is 16.8. The van der Waals surface area contributed by atoms with Crippen molar-refractivity contribution in [1.29, 1.82) is 0 Å². The molecule has 34 heavy (non-hydrogen) atoms. The van der Waals surface area contributed by atoms with Crippen LogP contribution in [0.15, 0.2) is 24.3 Å². The lowest BCUT2D eigenvalue weighted by Crippen LogP contribution is -2.36. The largest absolute Gasteiger partial charge is 0.458 e. The summed E-state index contributed by atoms with van der Waals surface area (Å²) in [6, 6.07) is 3.23. The van der Waals surface area contributed by atoms with Gasteiger partial charge < -0.3 is 24.0 Å². The van der Waals surface area contributed by atoms with E-state index in [9.17, 15) is 19.2 Å². The molecule has 0 unspecified atom stereocenters. The van der Waals surface area contributed by atoms with Crippen molar-refractivity contribution in [3.05, 3.63) is 24.3 Å². The number of ether oxygens (including phenoxy) is 3. The molecule has 0 saturated heterocycles. The van der Waals surface area contributed by atoms with Gasteiger partial charge in [-0.3, -0.25) is 9.59 Å². The van der Waals surface area contributed by atoms with Crippen LogP contribution in [0, 0.1) is 0 Å². The van der Waals surface area contributed by atoms with Crippen molar-refractivity contribution in [2.45, 2.75) is 78.1 Å². The van der Waals surface area contributed by atoms with Gasteiger partial charge in [-0.05, 0) is 38.4 Å². The maximum absolute atomic E-state index is 12.2. The second-order valence-corrected chi connectivity index (χ2v) is 12.9. The second kappa shape index (κ2) is 17.0. The normalized spacial score (nSPS) is 11.0. The molecule has 0 bridgehead atoms. The molecule has 0 heterocycles. The molecule has 9 nitrogen and oxygen atoms in total. The molecule has 194 valence electrons. The first-order chi connectivity index (χ1) is 16.0. The molecule has 0 aromatic carbocycles. The Hall–Kier alpha value is -2.46. The molecule has 1 amide bonds. The molecule has 0 aromatic rings. The predicted octanol–water partition coefficient (Wildman–Crippen LogP) is 3.45. The fraction of sp³-hybridized carbons (Fsp3) is 0.667. The van der Waals surface area contributed by atoms with Crippen LogP contribution in [0.1, 0.15) is 53.9 Å². The summed E-state index contributed by atoms with van der Waals surface area (Å²) in [5.74, 6) is -2.27. The van der Waals surface area contributed by atoms with Gasteiger partial charge in [0.2, 0.25) is 5.91 Å². The highest BCUT2D eigenvalue weighted by molar-refractivity contribution is 6.73. The number of hydrogen-bond acceptors (Lipinski definition) is 8. The molecule has 0 rings (SSSR count). The van der Waals surface area contributed by atoms with E-state index in [1.165, 1.54) is 13.8 Å². The Morgan fingerprint density at radius 2 is 1.35 bits per heavy atom. The maximum Gasteiger partial charge on any atom is 0.333 e. The van der Waals surface area contributed by atoms with Gasteiger partial charge in [-0.15, -0.1) is 0 Å². The predicted molar refractivity (Wildman–Crippen MR) is 131 cm³/mol. The van der Waals surface area contributed by atoms with Crippen LogP contribution in [0.4, 0.5) is 0 Å². The molecule has 0 aliphatic carbocycles. The Morgan fingerprint density at radius 1 is 0.853 bits per heavy atom. The van der Waals surface area contributed by atoms with Crippen LogP contribution in [0.5, 0.6) is 0 Å². The standard InChI is InChI=1S/C24H41NO8Si/c1-8-34(9-2,10-3)32-15-11-14-25-21(26)12-13-22(27)33-20(16-30-23(28)18(4)5)17-31-24(29)19(6)7/h20H,4,6,8-17H2,1-3,5,7H3,(H,25,26). The summed E-state index contributed by atoms with van der Waals surface area (Å²) < 4.78 is 21.4. The topological polar surface area (TPSA) is 117 Å². The Kier molecular flexibility index (Phi) is 15.8. The van der Waals surface area contributed by atoms with E-state index in [1.54, 1.807) is 0 Å². The zero-order valence-corrected chi connectivity index (χ0v) is 22.3. The Labute approximate surface area is 204 Å². The van der Waals surface area contributed by atoms with E-state index in [0.29, 0.717) is 19.6 Å². The zero-order chi connectivity index (χ0) is 26.1. The molecule has 0 fully saturated rings. The minimum atomic E-state index is -1.63. The minimum Gasteiger partial charge on any atom is -0.458 e. The van der Waals surface area contributed by atoms with Crippen LogP contribution >= 0.6 is 0 Å². The first-order valence-corrected chi connectivity index (χ1v) is 14.3. The third kappa shape index (κ3) is 13.3. The van der Waals surface area contributed by atoms with E-state index >= 15 is 0 Å². The number of esters is 3. The van der Waals surface area contributed by atoms with Gasteiger partial charge in [-0.25, -0.2) is 9.59 Å². The van der Waals surface area contributed by atoms with Gasteiger partial charge in [-0.2, -0.15) is 0 Å². The van der Waals surface area contributed by atoms with Crippen molar-refractivity contribution in [3.8, 4) is 0 Å². The average Bonchev–Trinajstić information content (AvgIpc) is 2.81. The SMILES string of the molecule is C=C(C)C(=O)OCC(COC(=O)C(=C)C)OC(=O)CCC(=O)NCCCO[Si](CC)(CC)CC. The van der Waals surface area contributed by atoms with Crippen molar-refractivity contribution in [2.75, 3.05) is 26.4 Å². The molecule has 10 heteroatoms. The number of nitrogens with one attached hydrogen (secondary N) is 1. The molecule has 0 aromatic heterocycles.